The molecule has 0 spiro atoms. The van der Waals surface area contributed by atoms with Crippen LogP contribution in [0.25, 0.3) is 0 Å². The van der Waals surface area contributed by atoms with E-state index in [9.17, 15) is 18.9 Å². The van der Waals surface area contributed by atoms with Crippen LogP contribution in [0.1, 0.15) is 18.4 Å². The molecule has 4 atom stereocenters. The number of alkyl halides is 1. The van der Waals surface area contributed by atoms with E-state index >= 15 is 0 Å². The Morgan fingerprint density at radius 2 is 2.34 bits per heavy atom. The number of anilines is 1. The Labute approximate surface area is 168 Å². The summed E-state index contributed by atoms with van der Waals surface area (Å²) in [4.78, 5) is 43.5. The monoisotopic (exact) mass is 407 g/mol. The Balaban J connectivity index is 1.77. The lowest BCUT2D eigenvalue weighted by atomic mass is 9.98. The maximum Gasteiger partial charge on any atom is 0.234 e. The highest BCUT2D eigenvalue weighted by molar-refractivity contribution is 5.94. The lowest BCUT2D eigenvalue weighted by Crippen LogP contribution is -2.62. The Bertz CT molecular complexity index is 765. The molecule has 1 aromatic rings. The molecule has 2 aliphatic heterocycles. The Morgan fingerprint density at radius 1 is 1.55 bits per heavy atom. The fourth-order valence-electron chi connectivity index (χ4n) is 3.81. The first kappa shape index (κ1) is 21.2. The lowest BCUT2D eigenvalue weighted by Gasteiger charge is -2.39. The first-order valence-corrected chi connectivity index (χ1v) is 9.58. The molecule has 0 radical (unpaired) electrons. The summed E-state index contributed by atoms with van der Waals surface area (Å²) in [6, 6.07) is 1.73. The minimum atomic E-state index is -1.31. The number of aromatic nitrogens is 1. The molecule has 0 saturated carbocycles. The van der Waals surface area contributed by atoms with Gasteiger partial charge in [0.25, 0.3) is 0 Å². The number of nitroso groups, excluding NO2 is 1. The van der Waals surface area contributed by atoms with Crippen LogP contribution in [0.3, 0.4) is 0 Å². The summed E-state index contributed by atoms with van der Waals surface area (Å²) < 4.78 is 13.6. The van der Waals surface area contributed by atoms with E-state index in [0.717, 1.165) is 12.0 Å². The number of pyridine rings is 1. The van der Waals surface area contributed by atoms with Crippen molar-refractivity contribution in [2.24, 2.45) is 16.8 Å². The molecule has 0 bridgehead atoms. The van der Waals surface area contributed by atoms with Crippen molar-refractivity contribution < 1.29 is 14.0 Å². The normalized spacial score (nSPS) is 24.9. The number of hydrogen-bond donors (Lipinski definition) is 3. The standard InChI is InChI=1S/C18H26FN7O3/c1-25-10-12(19)7-22-17(25)15(16(20)24-29)18(28)23-13-8-21-5-4-11(13)9-26-6-2-3-14(26)27/h4-5,8,12,15-17,22H,2-3,6-7,9-10,20H2,1H3,(H,23,28). The summed E-state index contributed by atoms with van der Waals surface area (Å²) in [5.41, 5.74) is 6.98. The number of rotatable bonds is 7. The molecule has 2 amide bonds. The highest BCUT2D eigenvalue weighted by Crippen LogP contribution is 2.23. The van der Waals surface area contributed by atoms with Gasteiger partial charge in [-0.1, -0.05) is 5.18 Å². The fraction of sp³-hybridized carbons (Fsp3) is 0.611. The molecule has 2 aliphatic rings. The van der Waals surface area contributed by atoms with Crippen LogP contribution >= 0.6 is 0 Å². The minimum Gasteiger partial charge on any atom is -0.338 e. The summed E-state index contributed by atoms with van der Waals surface area (Å²) in [6.45, 7) is 1.19. The molecule has 2 fully saturated rings. The van der Waals surface area contributed by atoms with Gasteiger partial charge in [0.2, 0.25) is 11.8 Å². The van der Waals surface area contributed by atoms with Crippen LogP contribution in [0.5, 0.6) is 0 Å². The second-order valence-electron chi connectivity index (χ2n) is 7.45. The second-order valence-corrected chi connectivity index (χ2v) is 7.45. The predicted octanol–water partition coefficient (Wildman–Crippen LogP) is 0.00910. The van der Waals surface area contributed by atoms with Crippen molar-refractivity contribution in [3.05, 3.63) is 28.9 Å². The summed E-state index contributed by atoms with van der Waals surface area (Å²) in [5, 5.41) is 8.52. The van der Waals surface area contributed by atoms with Gasteiger partial charge in [-0.25, -0.2) is 4.39 Å². The molecule has 158 valence electrons. The van der Waals surface area contributed by atoms with Crippen LogP contribution in [0.4, 0.5) is 10.1 Å². The smallest absolute Gasteiger partial charge is 0.234 e. The van der Waals surface area contributed by atoms with Crippen molar-refractivity contribution >= 4 is 17.5 Å². The largest absolute Gasteiger partial charge is 0.338 e. The number of amides is 2. The van der Waals surface area contributed by atoms with Gasteiger partial charge < -0.3 is 16.0 Å². The van der Waals surface area contributed by atoms with Crippen LogP contribution in [-0.4, -0.2) is 71.8 Å². The Hall–Kier alpha value is -2.50. The average Bonchev–Trinajstić information content (AvgIpc) is 3.09. The number of nitrogens with one attached hydrogen (secondary N) is 2. The quantitative estimate of drug-likeness (QED) is 0.542. The zero-order chi connectivity index (χ0) is 21.0. The first-order chi connectivity index (χ1) is 13.9. The molecule has 11 heteroatoms. The molecular formula is C18H26FN7O3. The van der Waals surface area contributed by atoms with Crippen LogP contribution in [0.15, 0.2) is 23.6 Å². The third-order valence-electron chi connectivity index (χ3n) is 5.34. The first-order valence-electron chi connectivity index (χ1n) is 9.58. The van der Waals surface area contributed by atoms with Crippen LogP contribution < -0.4 is 16.4 Å². The summed E-state index contributed by atoms with van der Waals surface area (Å²) >= 11 is 0. The third-order valence-corrected chi connectivity index (χ3v) is 5.34. The number of hydrogen-bond acceptors (Lipinski definition) is 8. The minimum absolute atomic E-state index is 0.0551. The molecule has 10 nitrogen and oxygen atoms in total. The molecule has 0 aliphatic carbocycles. The number of nitrogens with zero attached hydrogens (tertiary/aromatic N) is 4. The van der Waals surface area contributed by atoms with Crippen molar-refractivity contribution in [1.29, 1.82) is 0 Å². The summed E-state index contributed by atoms with van der Waals surface area (Å²) in [6.07, 6.45) is 1.36. The van der Waals surface area contributed by atoms with Gasteiger partial charge in [-0.3, -0.25) is 24.8 Å². The van der Waals surface area contributed by atoms with E-state index in [1.165, 1.54) is 6.20 Å². The van der Waals surface area contributed by atoms with Crippen LogP contribution in [0, 0.1) is 10.8 Å². The number of halogens is 1. The predicted molar refractivity (Wildman–Crippen MR) is 104 cm³/mol. The molecule has 2 saturated heterocycles. The Morgan fingerprint density at radius 3 is 3.00 bits per heavy atom. The van der Waals surface area contributed by atoms with Gasteiger partial charge in [-0.2, -0.15) is 0 Å². The highest BCUT2D eigenvalue weighted by atomic mass is 19.1. The molecule has 3 rings (SSSR count). The zero-order valence-corrected chi connectivity index (χ0v) is 16.3. The number of carbonyl (C=O) groups is 2. The number of likely N-dealkylation sites (tertiary alicyclic amines) is 1. The maximum atomic E-state index is 13.6. The topological polar surface area (TPSA) is 133 Å². The van der Waals surface area contributed by atoms with Gasteiger partial charge in [-0.15, -0.1) is 4.91 Å². The maximum absolute atomic E-state index is 13.6. The molecular weight excluding hydrogens is 381 g/mol. The molecule has 4 N–H and O–H groups in total. The molecule has 1 aromatic heterocycles. The van der Waals surface area contributed by atoms with Gasteiger partial charge in [0.1, 0.15) is 12.1 Å². The van der Waals surface area contributed by atoms with Gasteiger partial charge in [-0.05, 0) is 25.1 Å². The number of nitrogens with two attached hydrogens (primary N) is 1. The van der Waals surface area contributed by atoms with Crippen molar-refractivity contribution in [3.8, 4) is 0 Å². The highest BCUT2D eigenvalue weighted by Gasteiger charge is 2.40. The van der Waals surface area contributed by atoms with Crippen molar-refractivity contribution in [1.82, 2.24) is 20.1 Å². The van der Waals surface area contributed by atoms with Gasteiger partial charge >= 0.3 is 0 Å². The summed E-state index contributed by atoms with van der Waals surface area (Å²) in [7, 11) is 1.65. The van der Waals surface area contributed by atoms with Gasteiger partial charge in [0, 0.05) is 38.8 Å². The van der Waals surface area contributed by atoms with Crippen LogP contribution in [0.2, 0.25) is 0 Å². The van der Waals surface area contributed by atoms with E-state index in [1.54, 1.807) is 29.1 Å². The zero-order valence-electron chi connectivity index (χ0n) is 16.3. The van der Waals surface area contributed by atoms with E-state index < -0.39 is 30.3 Å². The van der Waals surface area contributed by atoms with E-state index in [-0.39, 0.29) is 19.0 Å². The second kappa shape index (κ2) is 9.33. The van der Waals surface area contributed by atoms with Crippen LogP contribution in [-0.2, 0) is 16.1 Å². The molecule has 29 heavy (non-hydrogen) atoms. The van der Waals surface area contributed by atoms with E-state index in [4.69, 9.17) is 5.73 Å². The fourth-order valence-corrected chi connectivity index (χ4v) is 3.81. The SMILES string of the molecule is CN1CC(F)CNC1C(C(=O)Nc1cnccc1CN1CCCC1=O)C(N)N=O. The Kier molecular flexibility index (Phi) is 6.83. The molecule has 0 aromatic carbocycles. The van der Waals surface area contributed by atoms with Crippen molar-refractivity contribution in [3.63, 3.8) is 0 Å². The van der Waals surface area contributed by atoms with E-state index in [2.05, 4.69) is 20.8 Å². The van der Waals surface area contributed by atoms with E-state index in [0.29, 0.717) is 25.2 Å². The van der Waals surface area contributed by atoms with Crippen molar-refractivity contribution in [2.75, 3.05) is 32.0 Å². The lowest BCUT2D eigenvalue weighted by molar-refractivity contribution is -0.128. The van der Waals surface area contributed by atoms with Gasteiger partial charge in [0.15, 0.2) is 6.17 Å². The van der Waals surface area contributed by atoms with E-state index in [1.807, 2.05) is 0 Å². The van der Waals surface area contributed by atoms with Crippen molar-refractivity contribution in [2.45, 2.75) is 37.9 Å². The third kappa shape index (κ3) is 4.92. The molecule has 4 unspecified atom stereocenters. The summed E-state index contributed by atoms with van der Waals surface area (Å²) in [5.74, 6) is -1.50. The number of carbonyl (C=O) groups excluding carboxylic acids is 2. The average molecular weight is 407 g/mol. The van der Waals surface area contributed by atoms with Gasteiger partial charge in [0.05, 0.1) is 18.1 Å². The molecule has 3 heterocycles.